The zero-order valence-corrected chi connectivity index (χ0v) is 10.7. The number of hydrogen-bond donors (Lipinski definition) is 1. The molecule has 84 valence electrons. The van der Waals surface area contributed by atoms with Gasteiger partial charge in [0, 0.05) is 11.3 Å². The minimum Gasteiger partial charge on any atom is -0.460 e. The Morgan fingerprint density at radius 1 is 1.44 bits per heavy atom. The normalized spacial score (nSPS) is 10.7. The number of aromatic nitrogens is 2. The van der Waals surface area contributed by atoms with Gasteiger partial charge >= 0.3 is 0 Å². The van der Waals surface area contributed by atoms with E-state index in [1.54, 1.807) is 12.3 Å². The Hall–Kier alpha value is -1.36. The second-order valence-electron chi connectivity index (χ2n) is 3.46. The highest BCUT2D eigenvalue weighted by Gasteiger charge is 2.13. The maximum absolute atomic E-state index is 5.85. The van der Waals surface area contributed by atoms with Crippen LogP contribution in [-0.2, 0) is 6.42 Å². The maximum Gasteiger partial charge on any atom is 0.199 e. The summed E-state index contributed by atoms with van der Waals surface area (Å²) in [5, 5.41) is 0. The molecule has 0 amide bonds. The van der Waals surface area contributed by atoms with Crippen LogP contribution in [0.1, 0.15) is 18.2 Å². The highest BCUT2D eigenvalue weighted by atomic mass is 79.9. The van der Waals surface area contributed by atoms with Crippen LogP contribution in [0.25, 0.3) is 11.6 Å². The number of hydrogen-bond acceptors (Lipinski definition) is 4. The molecule has 0 unspecified atom stereocenters. The molecule has 2 aromatic heterocycles. The summed E-state index contributed by atoms with van der Waals surface area (Å²) >= 11 is 3.38. The molecule has 5 heteroatoms. The third-order valence-corrected chi connectivity index (χ3v) is 3.06. The third kappa shape index (κ3) is 1.82. The van der Waals surface area contributed by atoms with E-state index in [-0.39, 0.29) is 0 Å². The molecule has 0 atom stereocenters. The Bertz CT molecular complexity index is 522. The van der Waals surface area contributed by atoms with Gasteiger partial charge in [-0.3, -0.25) is 0 Å². The van der Waals surface area contributed by atoms with E-state index in [0.717, 1.165) is 22.2 Å². The van der Waals surface area contributed by atoms with Gasteiger partial charge in [-0.15, -0.1) is 0 Å². The van der Waals surface area contributed by atoms with Crippen molar-refractivity contribution in [1.82, 2.24) is 9.97 Å². The summed E-state index contributed by atoms with van der Waals surface area (Å²) in [6, 6.07) is 1.81. The predicted octanol–water partition coefficient (Wildman–Crippen LogP) is 2.95. The van der Waals surface area contributed by atoms with E-state index in [2.05, 4.69) is 25.9 Å². The van der Waals surface area contributed by atoms with Crippen LogP contribution in [0, 0.1) is 6.92 Å². The van der Waals surface area contributed by atoms with Crippen LogP contribution in [-0.4, -0.2) is 9.97 Å². The average Bonchev–Trinajstić information content (AvgIpc) is 2.68. The number of nitrogens with zero attached hydrogens (tertiary/aromatic N) is 2. The number of halogens is 1. The van der Waals surface area contributed by atoms with E-state index in [4.69, 9.17) is 10.2 Å². The molecule has 2 N–H and O–H groups in total. The highest BCUT2D eigenvalue weighted by Crippen LogP contribution is 2.28. The summed E-state index contributed by atoms with van der Waals surface area (Å²) in [4.78, 5) is 8.67. The lowest BCUT2D eigenvalue weighted by Crippen LogP contribution is -2.04. The minimum absolute atomic E-state index is 0.505. The van der Waals surface area contributed by atoms with Crippen LogP contribution in [0.4, 0.5) is 5.82 Å². The molecule has 0 aliphatic carbocycles. The number of furan rings is 1. The van der Waals surface area contributed by atoms with Crippen LogP contribution >= 0.6 is 15.9 Å². The molecule has 16 heavy (non-hydrogen) atoms. The topological polar surface area (TPSA) is 64.9 Å². The fourth-order valence-corrected chi connectivity index (χ4v) is 1.86. The lowest BCUT2D eigenvalue weighted by Gasteiger charge is -2.07. The molecule has 2 heterocycles. The van der Waals surface area contributed by atoms with Gasteiger partial charge in [0.2, 0.25) is 0 Å². The fraction of sp³-hybridized carbons (Fsp3) is 0.273. The maximum atomic E-state index is 5.85. The van der Waals surface area contributed by atoms with Crippen LogP contribution in [0.15, 0.2) is 21.2 Å². The van der Waals surface area contributed by atoms with Crippen LogP contribution < -0.4 is 5.73 Å². The molecule has 0 bridgehead atoms. The van der Waals surface area contributed by atoms with E-state index in [1.165, 1.54) is 0 Å². The number of nitrogens with two attached hydrogens (primary N) is 1. The number of aryl methyl sites for hydroxylation is 1. The largest absolute Gasteiger partial charge is 0.460 e. The fourth-order valence-electron chi connectivity index (χ4n) is 1.48. The molecule has 4 nitrogen and oxygen atoms in total. The Kier molecular flexibility index (Phi) is 2.96. The van der Waals surface area contributed by atoms with Gasteiger partial charge < -0.3 is 10.2 Å². The average molecular weight is 282 g/mol. The van der Waals surface area contributed by atoms with Gasteiger partial charge in [0.1, 0.15) is 5.82 Å². The van der Waals surface area contributed by atoms with Crippen molar-refractivity contribution in [3.05, 3.63) is 28.1 Å². The van der Waals surface area contributed by atoms with Crippen LogP contribution in [0.3, 0.4) is 0 Å². The molecule has 0 aliphatic rings. The first-order chi connectivity index (χ1) is 7.63. The zero-order valence-electron chi connectivity index (χ0n) is 9.12. The molecular formula is C11H12BrN3O. The first-order valence-electron chi connectivity index (χ1n) is 4.99. The van der Waals surface area contributed by atoms with E-state index in [0.29, 0.717) is 17.4 Å². The van der Waals surface area contributed by atoms with Gasteiger partial charge in [0.05, 0.1) is 10.7 Å². The van der Waals surface area contributed by atoms with E-state index in [1.807, 2.05) is 13.8 Å². The van der Waals surface area contributed by atoms with Gasteiger partial charge in [-0.1, -0.05) is 6.92 Å². The van der Waals surface area contributed by atoms with Gasteiger partial charge in [-0.2, -0.15) is 0 Å². The molecule has 0 aliphatic heterocycles. The second kappa shape index (κ2) is 4.25. The van der Waals surface area contributed by atoms with Crippen molar-refractivity contribution in [2.24, 2.45) is 0 Å². The summed E-state index contributed by atoms with van der Waals surface area (Å²) in [5.41, 5.74) is 7.73. The Morgan fingerprint density at radius 2 is 2.19 bits per heavy atom. The Morgan fingerprint density at radius 3 is 2.75 bits per heavy atom. The van der Waals surface area contributed by atoms with Crippen molar-refractivity contribution in [2.45, 2.75) is 20.3 Å². The molecular weight excluding hydrogens is 270 g/mol. The van der Waals surface area contributed by atoms with E-state index < -0.39 is 0 Å². The van der Waals surface area contributed by atoms with Crippen molar-refractivity contribution in [3.8, 4) is 11.6 Å². The molecule has 0 saturated heterocycles. The van der Waals surface area contributed by atoms with Crippen LogP contribution in [0.2, 0.25) is 0 Å². The number of nitrogen functional groups attached to an aromatic ring is 1. The van der Waals surface area contributed by atoms with Crippen molar-refractivity contribution in [1.29, 1.82) is 0 Å². The van der Waals surface area contributed by atoms with Gasteiger partial charge in [-0.25, -0.2) is 9.97 Å². The highest BCUT2D eigenvalue weighted by molar-refractivity contribution is 9.10. The molecule has 0 aromatic carbocycles. The molecule has 0 fully saturated rings. The first kappa shape index (κ1) is 11.1. The summed E-state index contributed by atoms with van der Waals surface area (Å²) in [6.45, 7) is 3.96. The Labute approximate surface area is 102 Å². The molecule has 0 radical (unpaired) electrons. The number of rotatable bonds is 2. The molecule has 0 saturated carbocycles. The van der Waals surface area contributed by atoms with Crippen LogP contribution in [0.5, 0.6) is 0 Å². The predicted molar refractivity (Wildman–Crippen MR) is 66.0 cm³/mol. The van der Waals surface area contributed by atoms with E-state index >= 15 is 0 Å². The van der Waals surface area contributed by atoms with Crippen molar-refractivity contribution in [2.75, 3.05) is 5.73 Å². The van der Waals surface area contributed by atoms with Gasteiger partial charge in [0.25, 0.3) is 0 Å². The SMILES string of the molecule is CCc1nc(-c2occc2Br)nc(N)c1C. The summed E-state index contributed by atoms with van der Waals surface area (Å²) in [5.74, 6) is 1.64. The standard InChI is InChI=1S/C11H12BrN3O/c1-3-8-6(2)10(13)15-11(14-8)9-7(12)4-5-16-9/h4-5H,3H2,1-2H3,(H2,13,14,15). The molecule has 2 aromatic rings. The van der Waals surface area contributed by atoms with E-state index in [9.17, 15) is 0 Å². The summed E-state index contributed by atoms with van der Waals surface area (Å²) in [6.07, 6.45) is 2.41. The summed E-state index contributed by atoms with van der Waals surface area (Å²) in [7, 11) is 0. The van der Waals surface area contributed by atoms with Crippen molar-refractivity contribution >= 4 is 21.7 Å². The van der Waals surface area contributed by atoms with Crippen molar-refractivity contribution in [3.63, 3.8) is 0 Å². The second-order valence-corrected chi connectivity index (χ2v) is 4.31. The van der Waals surface area contributed by atoms with Crippen molar-refractivity contribution < 1.29 is 4.42 Å². The molecule has 2 rings (SSSR count). The first-order valence-corrected chi connectivity index (χ1v) is 5.79. The number of anilines is 1. The smallest absolute Gasteiger partial charge is 0.199 e. The van der Waals surface area contributed by atoms with Gasteiger partial charge in [0.15, 0.2) is 11.6 Å². The zero-order chi connectivity index (χ0) is 11.7. The Balaban J connectivity index is 2.59. The molecule has 0 spiro atoms. The third-order valence-electron chi connectivity index (χ3n) is 2.44. The lowest BCUT2D eigenvalue weighted by molar-refractivity contribution is 0.575. The van der Waals surface area contributed by atoms with Gasteiger partial charge in [-0.05, 0) is 35.3 Å². The monoisotopic (exact) mass is 281 g/mol. The minimum atomic E-state index is 0.505. The lowest BCUT2D eigenvalue weighted by atomic mass is 10.2. The summed E-state index contributed by atoms with van der Waals surface area (Å²) < 4.78 is 6.15. The quantitative estimate of drug-likeness (QED) is 0.919.